The van der Waals surface area contributed by atoms with Crippen LogP contribution in [0.1, 0.15) is 55.2 Å². The Morgan fingerprint density at radius 1 is 1.21 bits per heavy atom. The van der Waals surface area contributed by atoms with Crippen molar-refractivity contribution in [3.8, 4) is 5.75 Å². The first-order chi connectivity index (χ1) is 13.5. The van der Waals surface area contributed by atoms with Crippen molar-refractivity contribution in [1.29, 1.82) is 0 Å². The maximum Gasteiger partial charge on any atom is 0.422 e. The van der Waals surface area contributed by atoms with Crippen molar-refractivity contribution in [1.82, 2.24) is 0 Å². The molecule has 0 aromatic heterocycles. The van der Waals surface area contributed by atoms with Gasteiger partial charge in [-0.25, -0.2) is 0 Å². The molecule has 2 N–H and O–H groups in total. The first-order valence-corrected chi connectivity index (χ1v) is 9.78. The standard InChI is InChI=1S/C21H28F3NO4/c1-4-28-15-7-5-6-14(10-15)19(26)18(20(25)27)17-12(2)8-16(9-13(17)3)29-11-21(22,23)24/h8-9,14-15,18H,4-7,10-11H2,1-3H3,(H2,25,27). The van der Waals surface area contributed by atoms with Crippen molar-refractivity contribution in [2.45, 2.75) is 64.7 Å². The summed E-state index contributed by atoms with van der Waals surface area (Å²) in [6, 6.07) is 2.81. The Bertz CT molecular complexity index is 723. The number of ketones is 1. The van der Waals surface area contributed by atoms with Gasteiger partial charge in [-0.3, -0.25) is 9.59 Å². The van der Waals surface area contributed by atoms with Gasteiger partial charge in [-0.2, -0.15) is 13.2 Å². The quantitative estimate of drug-likeness (QED) is 0.652. The molecule has 0 bridgehead atoms. The van der Waals surface area contributed by atoms with Gasteiger partial charge in [0.15, 0.2) is 12.4 Å². The lowest BCUT2D eigenvalue weighted by Gasteiger charge is -2.30. The van der Waals surface area contributed by atoms with Crippen molar-refractivity contribution in [3.63, 3.8) is 0 Å². The zero-order valence-corrected chi connectivity index (χ0v) is 17.0. The Morgan fingerprint density at radius 2 is 1.83 bits per heavy atom. The van der Waals surface area contributed by atoms with E-state index in [1.165, 1.54) is 12.1 Å². The number of benzene rings is 1. The molecule has 29 heavy (non-hydrogen) atoms. The van der Waals surface area contributed by atoms with E-state index in [9.17, 15) is 22.8 Å². The minimum Gasteiger partial charge on any atom is -0.484 e. The minimum atomic E-state index is -4.45. The second-order valence-corrected chi connectivity index (χ2v) is 7.55. The minimum absolute atomic E-state index is 0.0171. The summed E-state index contributed by atoms with van der Waals surface area (Å²) < 4.78 is 47.7. The van der Waals surface area contributed by atoms with Gasteiger partial charge in [0, 0.05) is 12.5 Å². The summed E-state index contributed by atoms with van der Waals surface area (Å²) in [6.07, 6.45) is -1.56. The molecule has 3 atom stereocenters. The number of carbonyl (C=O) groups is 2. The molecule has 1 saturated carbocycles. The Labute approximate surface area is 168 Å². The summed E-state index contributed by atoms with van der Waals surface area (Å²) in [7, 11) is 0. The molecule has 0 radical (unpaired) electrons. The fraction of sp³-hybridized carbons (Fsp3) is 0.619. The molecule has 1 aromatic carbocycles. The Hall–Kier alpha value is -2.09. The Morgan fingerprint density at radius 3 is 2.34 bits per heavy atom. The predicted octanol–water partition coefficient (Wildman–Crippen LogP) is 3.98. The van der Waals surface area contributed by atoms with E-state index in [1.807, 2.05) is 6.92 Å². The predicted molar refractivity (Wildman–Crippen MR) is 102 cm³/mol. The average molecular weight is 415 g/mol. The van der Waals surface area contributed by atoms with Crippen molar-refractivity contribution >= 4 is 11.7 Å². The molecule has 2 rings (SSSR count). The van der Waals surface area contributed by atoms with Gasteiger partial charge in [-0.15, -0.1) is 0 Å². The van der Waals surface area contributed by atoms with Crippen LogP contribution in [0.3, 0.4) is 0 Å². The molecule has 8 heteroatoms. The van der Waals surface area contributed by atoms with Gasteiger partial charge in [-0.05, 0) is 68.9 Å². The SMILES string of the molecule is CCOC1CCCC(C(=O)C(C(N)=O)c2c(C)cc(OCC(F)(F)F)cc2C)C1. The van der Waals surface area contributed by atoms with Crippen LogP contribution in [0.25, 0.3) is 0 Å². The van der Waals surface area contributed by atoms with E-state index in [1.54, 1.807) is 13.8 Å². The number of primary amides is 1. The number of hydrogen-bond acceptors (Lipinski definition) is 4. The van der Waals surface area contributed by atoms with Crippen molar-refractivity contribution in [3.05, 3.63) is 28.8 Å². The van der Waals surface area contributed by atoms with E-state index in [0.29, 0.717) is 36.1 Å². The molecule has 0 spiro atoms. The summed E-state index contributed by atoms with van der Waals surface area (Å²) in [5.74, 6) is -2.46. The van der Waals surface area contributed by atoms with Gasteiger partial charge >= 0.3 is 6.18 Å². The number of hydrogen-bond donors (Lipinski definition) is 1. The molecule has 1 aromatic rings. The average Bonchev–Trinajstić information content (AvgIpc) is 2.62. The maximum atomic E-state index is 13.2. The molecule has 162 valence electrons. The third-order valence-electron chi connectivity index (χ3n) is 5.26. The van der Waals surface area contributed by atoms with E-state index in [0.717, 1.165) is 12.8 Å². The molecule has 3 unspecified atom stereocenters. The fourth-order valence-corrected chi connectivity index (χ4v) is 4.09. The van der Waals surface area contributed by atoms with Crippen LogP contribution >= 0.6 is 0 Å². The normalized spacial score (nSPS) is 20.9. The number of rotatable bonds is 8. The highest BCUT2D eigenvalue weighted by molar-refractivity contribution is 6.07. The molecule has 5 nitrogen and oxygen atoms in total. The number of ether oxygens (including phenoxy) is 2. The number of nitrogens with two attached hydrogens (primary N) is 1. The summed E-state index contributed by atoms with van der Waals surface area (Å²) in [4.78, 5) is 25.4. The Balaban J connectivity index is 2.28. The molecule has 1 aliphatic rings. The van der Waals surface area contributed by atoms with Crippen LogP contribution in [0.4, 0.5) is 13.2 Å². The number of Topliss-reactive ketones (excluding diaryl/α,β-unsaturated/α-hetero) is 1. The van der Waals surface area contributed by atoms with Crippen LogP contribution < -0.4 is 10.5 Å². The lowest BCUT2D eigenvalue weighted by Crippen LogP contribution is -2.37. The maximum absolute atomic E-state index is 13.2. The molecule has 1 amide bonds. The molecular weight excluding hydrogens is 387 g/mol. The largest absolute Gasteiger partial charge is 0.484 e. The number of halogens is 3. The second kappa shape index (κ2) is 9.61. The number of carbonyl (C=O) groups excluding carboxylic acids is 2. The molecular formula is C21H28F3NO4. The molecule has 0 saturated heterocycles. The van der Waals surface area contributed by atoms with E-state index in [4.69, 9.17) is 15.2 Å². The van der Waals surface area contributed by atoms with E-state index < -0.39 is 24.6 Å². The van der Waals surface area contributed by atoms with E-state index in [-0.39, 0.29) is 23.6 Å². The van der Waals surface area contributed by atoms with Crippen molar-refractivity contribution in [2.75, 3.05) is 13.2 Å². The highest BCUT2D eigenvalue weighted by Gasteiger charge is 2.37. The first kappa shape index (κ1) is 23.2. The van der Waals surface area contributed by atoms with Gasteiger partial charge in [0.25, 0.3) is 0 Å². The highest BCUT2D eigenvalue weighted by atomic mass is 19.4. The summed E-state index contributed by atoms with van der Waals surface area (Å²) in [5, 5.41) is 0. The summed E-state index contributed by atoms with van der Waals surface area (Å²) in [5.41, 5.74) is 7.03. The third-order valence-corrected chi connectivity index (χ3v) is 5.26. The zero-order valence-electron chi connectivity index (χ0n) is 17.0. The van der Waals surface area contributed by atoms with Crippen molar-refractivity contribution in [2.24, 2.45) is 11.7 Å². The lowest BCUT2D eigenvalue weighted by atomic mass is 9.76. The van der Waals surface area contributed by atoms with Crippen LogP contribution in [0.15, 0.2) is 12.1 Å². The van der Waals surface area contributed by atoms with E-state index >= 15 is 0 Å². The molecule has 1 aliphatic carbocycles. The molecule has 1 fully saturated rings. The monoisotopic (exact) mass is 415 g/mol. The summed E-state index contributed by atoms with van der Waals surface area (Å²) >= 11 is 0. The van der Waals surface area contributed by atoms with E-state index in [2.05, 4.69) is 0 Å². The van der Waals surface area contributed by atoms with Crippen LogP contribution in [-0.4, -0.2) is 37.2 Å². The van der Waals surface area contributed by atoms with Gasteiger partial charge in [0.05, 0.1) is 6.10 Å². The topological polar surface area (TPSA) is 78.6 Å². The summed E-state index contributed by atoms with van der Waals surface area (Å²) in [6.45, 7) is 4.31. The molecule has 0 aliphatic heterocycles. The van der Waals surface area contributed by atoms with Gasteiger partial charge in [0.1, 0.15) is 11.7 Å². The third kappa shape index (κ3) is 6.19. The first-order valence-electron chi connectivity index (χ1n) is 9.78. The fourth-order valence-electron chi connectivity index (χ4n) is 4.09. The van der Waals surface area contributed by atoms with Crippen molar-refractivity contribution < 1.29 is 32.2 Å². The van der Waals surface area contributed by atoms with Gasteiger partial charge in [-0.1, -0.05) is 6.42 Å². The van der Waals surface area contributed by atoms with Crippen LogP contribution in [0.5, 0.6) is 5.75 Å². The smallest absolute Gasteiger partial charge is 0.422 e. The number of alkyl halides is 3. The highest BCUT2D eigenvalue weighted by Crippen LogP contribution is 2.35. The molecule has 0 heterocycles. The Kier molecular flexibility index (Phi) is 7.68. The van der Waals surface area contributed by atoms with Gasteiger partial charge in [0.2, 0.25) is 5.91 Å². The second-order valence-electron chi connectivity index (χ2n) is 7.55. The van der Waals surface area contributed by atoms with Crippen LogP contribution in [0, 0.1) is 19.8 Å². The van der Waals surface area contributed by atoms with Crippen LogP contribution in [-0.2, 0) is 14.3 Å². The lowest BCUT2D eigenvalue weighted by molar-refractivity contribution is -0.153. The van der Waals surface area contributed by atoms with Gasteiger partial charge < -0.3 is 15.2 Å². The zero-order chi connectivity index (χ0) is 21.8. The number of aryl methyl sites for hydroxylation is 2. The van der Waals surface area contributed by atoms with Crippen LogP contribution in [0.2, 0.25) is 0 Å². The number of amides is 1.